The number of hydrogen-bond acceptors (Lipinski definition) is 6. The Bertz CT molecular complexity index is 1190. The number of fused-ring (bicyclic) bond motifs is 2. The second kappa shape index (κ2) is 8.84. The predicted octanol–water partition coefficient (Wildman–Crippen LogP) is 3.96. The predicted molar refractivity (Wildman–Crippen MR) is 124 cm³/mol. The number of ether oxygens (including phenoxy) is 2. The largest absolute Gasteiger partial charge is 0.469 e. The van der Waals surface area contributed by atoms with E-state index in [-0.39, 0.29) is 24.4 Å². The van der Waals surface area contributed by atoms with Crippen LogP contribution in [0.1, 0.15) is 55.4 Å². The zero-order valence-corrected chi connectivity index (χ0v) is 19.8. The minimum atomic E-state index is -0.538. The van der Waals surface area contributed by atoms with Crippen molar-refractivity contribution in [2.24, 2.45) is 7.05 Å². The first-order chi connectivity index (χ1) is 15.6. The summed E-state index contributed by atoms with van der Waals surface area (Å²) in [4.78, 5) is 26.6. The van der Waals surface area contributed by atoms with Gasteiger partial charge in [0.05, 0.1) is 19.0 Å². The fraction of sp³-hybridized carbons (Fsp3) is 0.440. The van der Waals surface area contributed by atoms with Crippen LogP contribution in [-0.2, 0) is 34.3 Å². The lowest BCUT2D eigenvalue weighted by atomic mass is 9.85. The van der Waals surface area contributed by atoms with Crippen LogP contribution in [0.5, 0.6) is 0 Å². The summed E-state index contributed by atoms with van der Waals surface area (Å²) in [5.74, 6) is -0.488. The molecule has 2 heterocycles. The molecular weight excluding hydrogens is 420 g/mol. The van der Waals surface area contributed by atoms with Gasteiger partial charge in [0.2, 0.25) is 0 Å². The third-order valence-electron chi connectivity index (χ3n) is 5.93. The molecule has 0 aliphatic carbocycles. The first-order valence-electron chi connectivity index (χ1n) is 11.1. The molecule has 33 heavy (non-hydrogen) atoms. The molecule has 1 unspecified atom stereocenters. The van der Waals surface area contributed by atoms with Crippen LogP contribution in [0.3, 0.4) is 0 Å². The molecule has 1 atom stereocenters. The van der Waals surface area contributed by atoms with Crippen LogP contribution in [0.2, 0.25) is 0 Å². The van der Waals surface area contributed by atoms with Crippen LogP contribution in [0, 0.1) is 0 Å². The lowest BCUT2D eigenvalue weighted by Crippen LogP contribution is -2.39. The van der Waals surface area contributed by atoms with Crippen molar-refractivity contribution >= 4 is 23.1 Å². The fourth-order valence-corrected chi connectivity index (χ4v) is 4.23. The van der Waals surface area contributed by atoms with Crippen molar-refractivity contribution < 1.29 is 19.1 Å². The van der Waals surface area contributed by atoms with Gasteiger partial charge in [0.25, 0.3) is 0 Å². The van der Waals surface area contributed by atoms with E-state index in [2.05, 4.69) is 28.5 Å². The molecule has 0 saturated heterocycles. The molecule has 3 aromatic rings. The minimum Gasteiger partial charge on any atom is -0.469 e. The Labute approximate surface area is 193 Å². The Morgan fingerprint density at radius 3 is 2.55 bits per heavy atom. The van der Waals surface area contributed by atoms with E-state index in [1.807, 2.05) is 46.0 Å². The monoisotopic (exact) mass is 450 g/mol. The maximum absolute atomic E-state index is 12.6. The number of rotatable bonds is 4. The molecule has 2 aromatic carbocycles. The highest BCUT2D eigenvalue weighted by Crippen LogP contribution is 2.33. The minimum absolute atomic E-state index is 0.203. The maximum Gasteiger partial charge on any atom is 0.410 e. The summed E-state index contributed by atoms with van der Waals surface area (Å²) in [5.41, 5.74) is 5.40. The summed E-state index contributed by atoms with van der Waals surface area (Å²) in [7, 11) is 3.25. The number of nitrogens with zero attached hydrogens (tertiary/aromatic N) is 4. The lowest BCUT2D eigenvalue weighted by molar-refractivity contribution is -0.140. The molecule has 8 heteroatoms. The van der Waals surface area contributed by atoms with Gasteiger partial charge < -0.3 is 14.4 Å². The first-order valence-corrected chi connectivity index (χ1v) is 11.1. The van der Waals surface area contributed by atoms with Gasteiger partial charge in [0, 0.05) is 26.1 Å². The Morgan fingerprint density at radius 1 is 1.09 bits per heavy atom. The summed E-state index contributed by atoms with van der Waals surface area (Å²) in [6.45, 7) is 6.70. The van der Waals surface area contributed by atoms with E-state index in [0.29, 0.717) is 13.1 Å². The van der Waals surface area contributed by atoms with Crippen LogP contribution in [-0.4, -0.2) is 51.2 Å². The molecular formula is C25H30N4O4. The van der Waals surface area contributed by atoms with Gasteiger partial charge >= 0.3 is 12.1 Å². The third-order valence-corrected chi connectivity index (χ3v) is 5.93. The highest BCUT2D eigenvalue weighted by atomic mass is 16.6. The average molecular weight is 451 g/mol. The molecule has 1 aliphatic heterocycles. The second-order valence-corrected chi connectivity index (χ2v) is 9.47. The summed E-state index contributed by atoms with van der Waals surface area (Å²) in [6, 6.07) is 12.2. The number of aryl methyl sites for hydroxylation is 1. The molecule has 0 saturated carbocycles. The average Bonchev–Trinajstić information content (AvgIpc) is 3.15. The number of amides is 1. The van der Waals surface area contributed by atoms with Gasteiger partial charge in [-0.3, -0.25) is 4.79 Å². The molecule has 0 spiro atoms. The van der Waals surface area contributed by atoms with Crippen molar-refractivity contribution in [2.45, 2.75) is 51.7 Å². The molecule has 174 valence electrons. The van der Waals surface area contributed by atoms with Crippen LogP contribution >= 0.6 is 0 Å². The number of carbonyl (C=O) groups excluding carboxylic acids is 2. The first kappa shape index (κ1) is 22.8. The number of benzene rings is 2. The van der Waals surface area contributed by atoms with Crippen LogP contribution in [0.25, 0.3) is 11.0 Å². The van der Waals surface area contributed by atoms with Crippen molar-refractivity contribution in [2.75, 3.05) is 13.7 Å². The van der Waals surface area contributed by atoms with E-state index in [9.17, 15) is 9.59 Å². The second-order valence-electron chi connectivity index (χ2n) is 9.47. The van der Waals surface area contributed by atoms with E-state index in [4.69, 9.17) is 9.47 Å². The highest BCUT2D eigenvalue weighted by molar-refractivity contribution is 5.76. The van der Waals surface area contributed by atoms with Crippen LogP contribution in [0.15, 0.2) is 36.4 Å². The molecule has 0 bridgehead atoms. The Hall–Kier alpha value is -3.42. The van der Waals surface area contributed by atoms with E-state index < -0.39 is 5.60 Å². The van der Waals surface area contributed by atoms with E-state index in [0.717, 1.165) is 34.1 Å². The summed E-state index contributed by atoms with van der Waals surface area (Å²) < 4.78 is 12.3. The molecule has 1 aromatic heterocycles. The molecule has 1 aliphatic rings. The van der Waals surface area contributed by atoms with Gasteiger partial charge in [-0.2, -0.15) is 0 Å². The summed E-state index contributed by atoms with van der Waals surface area (Å²) >= 11 is 0. The number of methoxy groups -OCH3 is 1. The summed E-state index contributed by atoms with van der Waals surface area (Å²) in [6.07, 6.45) is 0.664. The van der Waals surface area contributed by atoms with Gasteiger partial charge in [-0.15, -0.1) is 5.10 Å². The Balaban J connectivity index is 1.66. The van der Waals surface area contributed by atoms with Crippen molar-refractivity contribution in [3.8, 4) is 0 Å². The van der Waals surface area contributed by atoms with Crippen molar-refractivity contribution in [3.63, 3.8) is 0 Å². The van der Waals surface area contributed by atoms with Gasteiger partial charge in [-0.25, -0.2) is 9.48 Å². The van der Waals surface area contributed by atoms with E-state index >= 15 is 0 Å². The van der Waals surface area contributed by atoms with Crippen LogP contribution < -0.4 is 0 Å². The third kappa shape index (κ3) is 4.99. The van der Waals surface area contributed by atoms with Gasteiger partial charge in [-0.1, -0.05) is 29.5 Å². The molecule has 1 amide bonds. The van der Waals surface area contributed by atoms with Crippen molar-refractivity contribution in [1.82, 2.24) is 19.9 Å². The molecule has 0 N–H and O–H groups in total. The van der Waals surface area contributed by atoms with E-state index in [1.165, 1.54) is 12.7 Å². The number of carbonyl (C=O) groups is 2. The maximum atomic E-state index is 12.6. The topological polar surface area (TPSA) is 86.6 Å². The SMILES string of the molecule is COC(=O)CC(c1ccc2c(c1)CN(C(=O)OC(C)(C)C)CC2)c1ccc2c(c1)nnn2C. The zero-order chi connectivity index (χ0) is 23.8. The van der Waals surface area contributed by atoms with Gasteiger partial charge in [0.15, 0.2) is 0 Å². The van der Waals surface area contributed by atoms with Crippen molar-refractivity contribution in [1.29, 1.82) is 0 Å². The number of aromatic nitrogens is 3. The van der Waals surface area contributed by atoms with Crippen LogP contribution in [0.4, 0.5) is 4.79 Å². The summed E-state index contributed by atoms with van der Waals surface area (Å²) in [5, 5.41) is 8.30. The lowest BCUT2D eigenvalue weighted by Gasteiger charge is -2.32. The standard InChI is InChI=1S/C25H30N4O4/c1-25(2,3)33-24(31)29-11-10-16-6-7-17(12-19(16)15-29)20(14-23(30)32-5)18-8-9-22-21(13-18)26-27-28(22)4/h6-9,12-13,20H,10-11,14-15H2,1-5H3. The molecule has 8 nitrogen and oxygen atoms in total. The fourth-order valence-electron chi connectivity index (χ4n) is 4.23. The highest BCUT2D eigenvalue weighted by Gasteiger charge is 2.27. The molecule has 0 radical (unpaired) electrons. The number of esters is 1. The Morgan fingerprint density at radius 2 is 1.82 bits per heavy atom. The van der Waals surface area contributed by atoms with Gasteiger partial charge in [-0.05, 0) is 61.6 Å². The smallest absolute Gasteiger partial charge is 0.410 e. The number of hydrogen-bond donors (Lipinski definition) is 0. The Kier molecular flexibility index (Phi) is 6.10. The molecule has 4 rings (SSSR count). The molecule has 0 fully saturated rings. The van der Waals surface area contributed by atoms with E-state index in [1.54, 1.807) is 9.58 Å². The van der Waals surface area contributed by atoms with Crippen molar-refractivity contribution in [3.05, 3.63) is 58.7 Å². The van der Waals surface area contributed by atoms with Gasteiger partial charge in [0.1, 0.15) is 11.1 Å². The normalized spacial score (nSPS) is 14.6. The zero-order valence-electron chi connectivity index (χ0n) is 19.8. The quantitative estimate of drug-likeness (QED) is 0.560.